The van der Waals surface area contributed by atoms with Crippen molar-refractivity contribution >= 4 is 46.1 Å². The third-order valence-electron chi connectivity index (χ3n) is 5.54. The molecule has 0 bridgehead atoms. The van der Waals surface area contributed by atoms with Crippen LogP contribution in [0.1, 0.15) is 40.7 Å². The van der Waals surface area contributed by atoms with Crippen molar-refractivity contribution in [2.75, 3.05) is 11.5 Å². The molecule has 36 heavy (non-hydrogen) atoms. The highest BCUT2D eigenvalue weighted by molar-refractivity contribution is 7.10. The minimum Gasteiger partial charge on any atom is -0.507 e. The third kappa shape index (κ3) is 4.76. The standard InChI is InChI=1S/C26H22N2O7S/c1-15(2)14-35-26(32)17-7-9-18(10-8-17)27-22(20-4-3-13-36-20)21(24(30)25(27)31)23(29)16-5-11-19(12-6-16)28(33)34/h3-13,15,22,29H,14H2,1-2H3/b23-21-. The highest BCUT2D eigenvalue weighted by atomic mass is 32.1. The Labute approximate surface area is 210 Å². The van der Waals surface area contributed by atoms with Crippen LogP contribution in [0.2, 0.25) is 0 Å². The number of thiophene rings is 1. The number of carbonyl (C=O) groups excluding carboxylic acids is 3. The molecule has 1 fully saturated rings. The van der Waals surface area contributed by atoms with E-state index in [1.165, 1.54) is 52.6 Å². The van der Waals surface area contributed by atoms with Gasteiger partial charge < -0.3 is 9.84 Å². The van der Waals surface area contributed by atoms with Crippen molar-refractivity contribution in [1.29, 1.82) is 0 Å². The maximum Gasteiger partial charge on any atom is 0.338 e. The van der Waals surface area contributed by atoms with Gasteiger partial charge in [0.15, 0.2) is 0 Å². The summed E-state index contributed by atoms with van der Waals surface area (Å²) in [6.07, 6.45) is 0. The first-order valence-corrected chi connectivity index (χ1v) is 11.9. The van der Waals surface area contributed by atoms with Crippen LogP contribution in [0.4, 0.5) is 11.4 Å². The van der Waals surface area contributed by atoms with Crippen LogP contribution in [0.15, 0.2) is 71.6 Å². The second-order valence-electron chi connectivity index (χ2n) is 8.53. The van der Waals surface area contributed by atoms with Gasteiger partial charge in [-0.2, -0.15) is 0 Å². The van der Waals surface area contributed by atoms with Gasteiger partial charge in [0, 0.05) is 28.3 Å². The predicted octanol–water partition coefficient (Wildman–Crippen LogP) is 5.10. The smallest absolute Gasteiger partial charge is 0.338 e. The molecule has 1 unspecified atom stereocenters. The fraction of sp³-hybridized carbons (Fsp3) is 0.192. The van der Waals surface area contributed by atoms with Crippen LogP contribution in [0.3, 0.4) is 0 Å². The number of benzene rings is 2. The SMILES string of the molecule is CC(C)COC(=O)c1ccc(N2C(=O)C(=O)/C(=C(\O)c3ccc([N+](=O)[O-])cc3)C2c2cccs2)cc1. The molecule has 9 nitrogen and oxygen atoms in total. The largest absolute Gasteiger partial charge is 0.507 e. The van der Waals surface area contributed by atoms with Crippen molar-refractivity contribution in [3.8, 4) is 0 Å². The Hall–Kier alpha value is -4.31. The molecule has 1 saturated heterocycles. The van der Waals surface area contributed by atoms with Gasteiger partial charge in [0.05, 0.1) is 22.7 Å². The fourth-order valence-electron chi connectivity index (χ4n) is 3.80. The Kier molecular flexibility index (Phi) is 6.98. The molecule has 2 heterocycles. The summed E-state index contributed by atoms with van der Waals surface area (Å²) in [4.78, 5) is 50.9. The number of aliphatic hydroxyl groups excluding tert-OH is 1. The van der Waals surface area contributed by atoms with E-state index in [9.17, 15) is 29.6 Å². The van der Waals surface area contributed by atoms with Gasteiger partial charge in [-0.15, -0.1) is 11.3 Å². The number of ketones is 1. The molecule has 0 radical (unpaired) electrons. The lowest BCUT2D eigenvalue weighted by molar-refractivity contribution is -0.384. The first kappa shape index (κ1) is 24.8. The Morgan fingerprint density at radius 1 is 1.08 bits per heavy atom. The van der Waals surface area contributed by atoms with Crippen LogP contribution in [-0.2, 0) is 14.3 Å². The molecule has 184 valence electrons. The van der Waals surface area contributed by atoms with Crippen molar-refractivity contribution in [2.24, 2.45) is 5.92 Å². The lowest BCUT2D eigenvalue weighted by atomic mass is 9.99. The van der Waals surface area contributed by atoms with Crippen LogP contribution in [0.5, 0.6) is 0 Å². The van der Waals surface area contributed by atoms with Crippen molar-refractivity contribution in [2.45, 2.75) is 19.9 Å². The van der Waals surface area contributed by atoms with E-state index in [-0.39, 0.29) is 29.3 Å². The van der Waals surface area contributed by atoms with E-state index in [2.05, 4.69) is 0 Å². The van der Waals surface area contributed by atoms with Crippen LogP contribution in [-0.4, -0.2) is 34.3 Å². The van der Waals surface area contributed by atoms with Crippen molar-refractivity contribution in [3.05, 3.63) is 97.7 Å². The minimum absolute atomic E-state index is 0.128. The van der Waals surface area contributed by atoms with Gasteiger partial charge in [-0.25, -0.2) is 4.79 Å². The minimum atomic E-state index is -0.918. The highest BCUT2D eigenvalue weighted by Crippen LogP contribution is 2.43. The molecule has 10 heteroatoms. The molecule has 1 aliphatic rings. The number of hydrogen-bond acceptors (Lipinski definition) is 8. The molecule has 2 aromatic carbocycles. The van der Waals surface area contributed by atoms with Gasteiger partial charge >= 0.3 is 5.97 Å². The molecule has 0 spiro atoms. The Morgan fingerprint density at radius 2 is 1.72 bits per heavy atom. The first-order valence-electron chi connectivity index (χ1n) is 11.1. The Balaban J connectivity index is 1.74. The molecule has 1 aliphatic heterocycles. The monoisotopic (exact) mass is 506 g/mol. The van der Waals surface area contributed by atoms with Gasteiger partial charge in [0.2, 0.25) is 0 Å². The topological polar surface area (TPSA) is 127 Å². The summed E-state index contributed by atoms with van der Waals surface area (Å²) < 4.78 is 5.24. The predicted molar refractivity (Wildman–Crippen MR) is 134 cm³/mol. The lowest BCUT2D eigenvalue weighted by Gasteiger charge is -2.24. The van der Waals surface area contributed by atoms with Crippen molar-refractivity contribution in [1.82, 2.24) is 0 Å². The van der Waals surface area contributed by atoms with Crippen LogP contribution < -0.4 is 4.90 Å². The fourth-order valence-corrected chi connectivity index (χ4v) is 4.62. The molecule has 1 aromatic heterocycles. The number of anilines is 1. The van der Waals surface area contributed by atoms with Gasteiger partial charge in [0.25, 0.3) is 17.4 Å². The number of rotatable bonds is 7. The summed E-state index contributed by atoms with van der Waals surface area (Å²) in [5.41, 5.74) is 0.530. The molecular weight excluding hydrogens is 484 g/mol. The number of aliphatic hydroxyl groups is 1. The zero-order valence-electron chi connectivity index (χ0n) is 19.4. The van der Waals surface area contributed by atoms with E-state index in [0.29, 0.717) is 16.1 Å². The number of carbonyl (C=O) groups is 3. The van der Waals surface area contributed by atoms with Crippen LogP contribution in [0, 0.1) is 16.0 Å². The van der Waals surface area contributed by atoms with Gasteiger partial charge in [-0.05, 0) is 53.8 Å². The maximum atomic E-state index is 13.2. The third-order valence-corrected chi connectivity index (χ3v) is 6.46. The first-order chi connectivity index (χ1) is 17.2. The maximum absolute atomic E-state index is 13.2. The average molecular weight is 507 g/mol. The van der Waals surface area contributed by atoms with E-state index in [4.69, 9.17) is 4.74 Å². The number of nitro benzene ring substituents is 1. The van der Waals surface area contributed by atoms with E-state index in [0.717, 1.165) is 0 Å². The number of ether oxygens (including phenoxy) is 1. The Bertz CT molecular complexity index is 1340. The zero-order valence-corrected chi connectivity index (χ0v) is 20.2. The Morgan fingerprint density at radius 3 is 2.28 bits per heavy atom. The van der Waals surface area contributed by atoms with E-state index >= 15 is 0 Å². The second-order valence-corrected chi connectivity index (χ2v) is 9.51. The summed E-state index contributed by atoms with van der Waals surface area (Å²) in [5, 5.41) is 23.8. The zero-order chi connectivity index (χ0) is 26.0. The molecule has 1 N–H and O–H groups in total. The summed E-state index contributed by atoms with van der Waals surface area (Å²) in [7, 11) is 0. The summed E-state index contributed by atoms with van der Waals surface area (Å²) in [6, 6.07) is 13.8. The van der Waals surface area contributed by atoms with Crippen molar-refractivity contribution in [3.63, 3.8) is 0 Å². The second kappa shape index (κ2) is 10.1. The molecule has 1 atom stereocenters. The lowest BCUT2D eigenvalue weighted by Crippen LogP contribution is -2.29. The highest BCUT2D eigenvalue weighted by Gasteiger charge is 2.47. The molecule has 3 aromatic rings. The van der Waals surface area contributed by atoms with Crippen LogP contribution >= 0.6 is 11.3 Å². The molecule has 4 rings (SSSR count). The quantitative estimate of drug-likeness (QED) is 0.118. The van der Waals surface area contributed by atoms with E-state index in [1.54, 1.807) is 29.6 Å². The van der Waals surface area contributed by atoms with Crippen LogP contribution in [0.25, 0.3) is 5.76 Å². The van der Waals surface area contributed by atoms with Gasteiger partial charge in [-0.3, -0.25) is 24.6 Å². The summed E-state index contributed by atoms with van der Waals surface area (Å²) in [6.45, 7) is 4.12. The average Bonchev–Trinajstić information content (AvgIpc) is 3.49. The van der Waals surface area contributed by atoms with Gasteiger partial charge in [-0.1, -0.05) is 19.9 Å². The van der Waals surface area contributed by atoms with E-state index in [1.807, 2.05) is 13.8 Å². The summed E-state index contributed by atoms with van der Waals surface area (Å²) >= 11 is 1.31. The number of nitrogens with zero attached hydrogens (tertiary/aromatic N) is 2. The molecule has 0 aliphatic carbocycles. The normalized spacial score (nSPS) is 17.0. The van der Waals surface area contributed by atoms with E-state index < -0.39 is 34.4 Å². The number of non-ortho nitro benzene ring substituents is 1. The van der Waals surface area contributed by atoms with Crippen molar-refractivity contribution < 1.29 is 29.2 Å². The number of esters is 1. The number of Topliss-reactive ketones (excluding diaryl/α,β-unsaturated/α-hetero) is 1. The number of amides is 1. The molecule has 1 amide bonds. The number of nitro groups is 1. The molecule has 0 saturated carbocycles. The summed E-state index contributed by atoms with van der Waals surface area (Å²) in [5.74, 6) is -2.47. The number of hydrogen-bond donors (Lipinski definition) is 1. The molecular formula is C26H22N2O7S. The van der Waals surface area contributed by atoms with Gasteiger partial charge in [0.1, 0.15) is 11.8 Å².